The number of carboxylic acid groups (broad SMARTS) is 1. The second kappa shape index (κ2) is 8.76. The van der Waals surface area contributed by atoms with Crippen LogP contribution in [0.4, 0.5) is 0 Å². The van der Waals surface area contributed by atoms with Gasteiger partial charge in [0.25, 0.3) is 5.56 Å². The van der Waals surface area contributed by atoms with Gasteiger partial charge in [-0.3, -0.25) is 18.7 Å². The number of aryl methyl sites for hydroxylation is 1. The molecule has 176 valence electrons. The average molecular weight is 468 g/mol. The number of aromatic amines is 1. The zero-order valence-electron chi connectivity index (χ0n) is 19.4. The summed E-state index contributed by atoms with van der Waals surface area (Å²) in [6.45, 7) is 3.94. The van der Waals surface area contributed by atoms with Crippen molar-refractivity contribution in [1.82, 2.24) is 14.1 Å². The molecule has 0 spiro atoms. The summed E-state index contributed by atoms with van der Waals surface area (Å²) < 4.78 is 2.70. The summed E-state index contributed by atoms with van der Waals surface area (Å²) >= 11 is 0. The van der Waals surface area contributed by atoms with Crippen LogP contribution >= 0.6 is 0 Å². The Morgan fingerprint density at radius 2 is 1.66 bits per heavy atom. The van der Waals surface area contributed by atoms with Gasteiger partial charge in [0.15, 0.2) is 0 Å². The molecule has 0 saturated heterocycles. The quantitative estimate of drug-likeness (QED) is 0.381. The lowest BCUT2D eigenvalue weighted by atomic mass is 10.0. The van der Waals surface area contributed by atoms with Gasteiger partial charge in [-0.05, 0) is 43.2 Å². The molecular formula is C28H25N3O4. The molecule has 2 heterocycles. The van der Waals surface area contributed by atoms with Gasteiger partial charge in [0.2, 0.25) is 0 Å². The first kappa shape index (κ1) is 22.4. The molecule has 2 N–H and O–H groups in total. The zero-order chi connectivity index (χ0) is 24.7. The summed E-state index contributed by atoms with van der Waals surface area (Å²) in [7, 11) is 0. The van der Waals surface area contributed by atoms with Gasteiger partial charge in [-0.2, -0.15) is 0 Å². The van der Waals surface area contributed by atoms with Crippen LogP contribution in [0.25, 0.3) is 21.8 Å². The average Bonchev–Trinajstić information content (AvgIpc) is 3.29. The maximum Gasteiger partial charge on any atom is 0.332 e. The Bertz CT molecular complexity index is 1680. The van der Waals surface area contributed by atoms with Crippen LogP contribution in [0.2, 0.25) is 0 Å². The summed E-state index contributed by atoms with van der Waals surface area (Å²) in [5, 5.41) is 11.0. The second-order valence-corrected chi connectivity index (χ2v) is 8.79. The smallest absolute Gasteiger partial charge is 0.332 e. The first-order valence-electron chi connectivity index (χ1n) is 11.5. The van der Waals surface area contributed by atoms with Gasteiger partial charge in [-0.1, -0.05) is 54.6 Å². The predicted molar refractivity (Wildman–Crippen MR) is 136 cm³/mol. The van der Waals surface area contributed by atoms with E-state index in [2.05, 4.69) is 4.98 Å². The molecule has 0 aliphatic carbocycles. The SMILES string of the molecule is Cc1cccc2[nH]cc(C(C)n3c(=O)n([C@@H](CC(=O)O)c4ccccc4)c(=O)c4ccccc43)c12. The molecule has 0 bridgehead atoms. The minimum atomic E-state index is -1.09. The molecule has 3 aromatic carbocycles. The third-order valence-electron chi connectivity index (χ3n) is 6.67. The fourth-order valence-corrected chi connectivity index (χ4v) is 5.02. The summed E-state index contributed by atoms with van der Waals surface area (Å²) in [5.41, 5.74) is 3.02. The Morgan fingerprint density at radius 3 is 2.40 bits per heavy atom. The van der Waals surface area contributed by atoms with Crippen LogP contribution in [0.3, 0.4) is 0 Å². The fraction of sp³-hybridized carbons (Fsp3) is 0.179. The van der Waals surface area contributed by atoms with Gasteiger partial charge in [-0.15, -0.1) is 0 Å². The molecule has 0 amide bonds. The molecule has 0 saturated carbocycles. The first-order valence-corrected chi connectivity index (χ1v) is 11.5. The number of H-pyrrole nitrogens is 1. The van der Waals surface area contributed by atoms with E-state index in [1.807, 2.05) is 44.3 Å². The molecular weight excluding hydrogens is 442 g/mol. The highest BCUT2D eigenvalue weighted by Gasteiger charge is 2.26. The molecule has 5 rings (SSSR count). The van der Waals surface area contributed by atoms with Crippen molar-refractivity contribution in [2.75, 3.05) is 0 Å². The Kier molecular flexibility index (Phi) is 5.61. The van der Waals surface area contributed by atoms with Gasteiger partial charge < -0.3 is 10.1 Å². The van der Waals surface area contributed by atoms with E-state index >= 15 is 0 Å². The Morgan fingerprint density at radius 1 is 0.943 bits per heavy atom. The van der Waals surface area contributed by atoms with E-state index in [9.17, 15) is 19.5 Å². The van der Waals surface area contributed by atoms with Crippen LogP contribution < -0.4 is 11.2 Å². The largest absolute Gasteiger partial charge is 0.481 e. The van der Waals surface area contributed by atoms with E-state index in [1.165, 1.54) is 0 Å². The van der Waals surface area contributed by atoms with Crippen LogP contribution in [0, 0.1) is 6.92 Å². The van der Waals surface area contributed by atoms with Gasteiger partial charge in [0.05, 0.1) is 29.4 Å². The first-order chi connectivity index (χ1) is 16.9. The number of benzene rings is 3. The number of carboxylic acids is 1. The molecule has 7 nitrogen and oxygen atoms in total. The highest BCUT2D eigenvalue weighted by atomic mass is 16.4. The van der Waals surface area contributed by atoms with Crippen molar-refractivity contribution in [3.8, 4) is 0 Å². The molecule has 2 atom stereocenters. The van der Waals surface area contributed by atoms with E-state index in [1.54, 1.807) is 53.1 Å². The van der Waals surface area contributed by atoms with Crippen molar-refractivity contribution in [3.05, 3.63) is 117 Å². The van der Waals surface area contributed by atoms with Crippen LogP contribution in [0.5, 0.6) is 0 Å². The maximum atomic E-state index is 14.1. The number of fused-ring (bicyclic) bond motifs is 2. The number of para-hydroxylation sites is 1. The van der Waals surface area contributed by atoms with E-state index in [-0.39, 0.29) is 0 Å². The second-order valence-electron chi connectivity index (χ2n) is 8.79. The van der Waals surface area contributed by atoms with Crippen molar-refractivity contribution < 1.29 is 9.90 Å². The van der Waals surface area contributed by atoms with Crippen LogP contribution in [0.15, 0.2) is 88.6 Å². The standard InChI is InChI=1S/C28H25N3O4/c1-17-9-8-13-22-26(17)21(16-29-22)18(2)30-23-14-7-6-12-20(23)27(34)31(28(30)35)24(15-25(32)33)19-10-4-3-5-11-19/h3-14,16,18,24,29H,15H2,1-2H3,(H,32,33)/t18?,24-/m0/s1. The van der Waals surface area contributed by atoms with Gasteiger partial charge in [0.1, 0.15) is 0 Å². The number of hydrogen-bond donors (Lipinski definition) is 2. The normalized spacial score (nSPS) is 13.2. The van der Waals surface area contributed by atoms with Crippen molar-refractivity contribution in [3.63, 3.8) is 0 Å². The number of aromatic nitrogens is 3. The molecule has 0 aliphatic heterocycles. The topological polar surface area (TPSA) is 97.1 Å². The van der Waals surface area contributed by atoms with E-state index in [4.69, 9.17) is 0 Å². The van der Waals surface area contributed by atoms with Gasteiger partial charge >= 0.3 is 11.7 Å². The molecule has 0 aliphatic rings. The monoisotopic (exact) mass is 467 g/mol. The Balaban J connectivity index is 1.83. The van der Waals surface area contributed by atoms with Crippen molar-refractivity contribution in [1.29, 1.82) is 0 Å². The van der Waals surface area contributed by atoms with Crippen LogP contribution in [-0.4, -0.2) is 25.2 Å². The lowest BCUT2D eigenvalue weighted by Crippen LogP contribution is -2.44. The van der Waals surface area contributed by atoms with E-state index < -0.39 is 35.7 Å². The lowest BCUT2D eigenvalue weighted by molar-refractivity contribution is -0.137. The number of nitrogens with one attached hydrogen (secondary N) is 1. The number of rotatable bonds is 6. The van der Waals surface area contributed by atoms with E-state index in [0.717, 1.165) is 26.6 Å². The third kappa shape index (κ3) is 3.75. The molecule has 2 aromatic heterocycles. The number of aliphatic carboxylic acids is 1. The molecule has 0 fully saturated rings. The molecule has 5 aromatic rings. The predicted octanol–water partition coefficient (Wildman–Crippen LogP) is 4.63. The minimum Gasteiger partial charge on any atom is -0.481 e. The summed E-state index contributed by atoms with van der Waals surface area (Å²) in [5.74, 6) is -1.09. The highest BCUT2D eigenvalue weighted by Crippen LogP contribution is 2.30. The van der Waals surface area contributed by atoms with Crippen LogP contribution in [-0.2, 0) is 4.79 Å². The number of carbonyl (C=O) groups is 1. The lowest BCUT2D eigenvalue weighted by Gasteiger charge is -2.24. The van der Waals surface area contributed by atoms with Crippen LogP contribution in [0.1, 0.15) is 42.1 Å². The summed E-state index contributed by atoms with van der Waals surface area (Å²) in [6.07, 6.45) is 1.50. The number of nitrogens with zero attached hydrogens (tertiary/aromatic N) is 2. The van der Waals surface area contributed by atoms with Crippen molar-refractivity contribution >= 4 is 27.8 Å². The molecule has 1 unspecified atom stereocenters. The van der Waals surface area contributed by atoms with E-state index in [0.29, 0.717) is 16.5 Å². The number of hydrogen-bond acceptors (Lipinski definition) is 3. The molecule has 35 heavy (non-hydrogen) atoms. The maximum absolute atomic E-state index is 14.1. The molecule has 0 radical (unpaired) electrons. The van der Waals surface area contributed by atoms with Gasteiger partial charge in [-0.25, -0.2) is 4.79 Å². The third-order valence-corrected chi connectivity index (χ3v) is 6.67. The molecule has 7 heteroatoms. The van der Waals surface area contributed by atoms with Crippen molar-refractivity contribution in [2.45, 2.75) is 32.4 Å². The minimum absolute atomic E-state index is 0.363. The summed E-state index contributed by atoms with van der Waals surface area (Å²) in [6, 6.07) is 20.4. The van der Waals surface area contributed by atoms with Gasteiger partial charge in [0, 0.05) is 22.7 Å². The van der Waals surface area contributed by atoms with Crippen molar-refractivity contribution in [2.24, 2.45) is 0 Å². The Labute approximate surface area is 200 Å². The Hall–Kier alpha value is -4.39. The highest BCUT2D eigenvalue weighted by molar-refractivity contribution is 5.87. The fourth-order valence-electron chi connectivity index (χ4n) is 5.02. The summed E-state index contributed by atoms with van der Waals surface area (Å²) in [4.78, 5) is 42.8. The zero-order valence-corrected chi connectivity index (χ0v) is 19.4.